The van der Waals surface area contributed by atoms with Crippen molar-refractivity contribution in [1.29, 1.82) is 0 Å². The number of amides is 1. The molecule has 0 aliphatic carbocycles. The van der Waals surface area contributed by atoms with E-state index in [9.17, 15) is 19.4 Å². The van der Waals surface area contributed by atoms with E-state index in [1.54, 1.807) is 6.08 Å². The quantitative estimate of drug-likeness (QED) is 0.0243. The third kappa shape index (κ3) is 56.7. The summed E-state index contributed by atoms with van der Waals surface area (Å²) in [6, 6.07) is -0.842. The molecule has 72 heavy (non-hydrogen) atoms. The van der Waals surface area contributed by atoms with Gasteiger partial charge in [-0.1, -0.05) is 295 Å². The third-order valence-electron chi connectivity index (χ3n) is 14.7. The van der Waals surface area contributed by atoms with Crippen molar-refractivity contribution in [2.75, 3.05) is 40.9 Å². The number of quaternary nitrogens is 1. The highest BCUT2D eigenvalue weighted by molar-refractivity contribution is 7.47. The van der Waals surface area contributed by atoms with E-state index in [1.165, 1.54) is 263 Å². The van der Waals surface area contributed by atoms with Crippen LogP contribution in [0.15, 0.2) is 24.3 Å². The molecular formula is C63H126N2O6P+. The number of likely N-dealkylation sites (N-methyl/N-ethyl adjacent to an activating group) is 1. The summed E-state index contributed by atoms with van der Waals surface area (Å²) in [5.41, 5.74) is 0. The number of rotatable bonds is 59. The zero-order chi connectivity index (χ0) is 52.7. The van der Waals surface area contributed by atoms with Gasteiger partial charge in [0.25, 0.3) is 0 Å². The number of phosphoric acid groups is 1. The smallest absolute Gasteiger partial charge is 0.387 e. The number of carbonyl (C=O) groups excluding carboxylic acids is 1. The normalized spacial score (nSPS) is 13.9. The second kappa shape index (κ2) is 54.8. The van der Waals surface area contributed by atoms with E-state index in [-0.39, 0.29) is 19.1 Å². The van der Waals surface area contributed by atoms with Crippen LogP contribution in [-0.4, -0.2) is 73.4 Å². The Bertz CT molecular complexity index is 1220. The van der Waals surface area contributed by atoms with Gasteiger partial charge in [-0.05, 0) is 44.9 Å². The Balaban J connectivity index is 3.88. The van der Waals surface area contributed by atoms with E-state index in [1.807, 2.05) is 27.2 Å². The van der Waals surface area contributed by atoms with Crippen LogP contribution in [0.5, 0.6) is 0 Å². The Morgan fingerprint density at radius 3 is 1.07 bits per heavy atom. The number of allylic oxidation sites excluding steroid dienone is 3. The number of nitrogens with zero attached hydrogens (tertiary/aromatic N) is 1. The van der Waals surface area contributed by atoms with Crippen LogP contribution in [0.3, 0.4) is 0 Å². The van der Waals surface area contributed by atoms with E-state index in [0.717, 1.165) is 38.5 Å². The Labute approximate surface area is 449 Å². The molecule has 428 valence electrons. The lowest BCUT2D eigenvalue weighted by molar-refractivity contribution is -0.870. The molecule has 0 aromatic carbocycles. The number of hydrogen-bond acceptors (Lipinski definition) is 5. The number of carbonyl (C=O) groups is 1. The standard InChI is InChI=1S/C63H125N2O6P/c1-6-8-10-12-14-16-18-20-21-22-23-24-25-26-27-28-29-30-31-32-33-34-35-36-37-38-39-40-41-42-43-45-47-49-51-53-55-57-63(67)64-61(60-71-72(68,69)70-59-58-65(3,4)5)62(66)56-54-52-50-48-46-44-19-17-15-13-11-9-7-2/h22-23,54,56,61-62,66H,6-21,24-53,55,57-60H2,1-5H3,(H-,64,67,68,69)/p+1/b23-22-,56-54+. The van der Waals surface area contributed by atoms with Gasteiger partial charge in [-0.15, -0.1) is 0 Å². The molecule has 3 N–H and O–H groups in total. The lowest BCUT2D eigenvalue weighted by Crippen LogP contribution is -2.45. The van der Waals surface area contributed by atoms with Crippen molar-refractivity contribution < 1.29 is 32.9 Å². The highest BCUT2D eigenvalue weighted by atomic mass is 31.2. The topological polar surface area (TPSA) is 105 Å². The number of hydrogen-bond donors (Lipinski definition) is 3. The summed E-state index contributed by atoms with van der Waals surface area (Å²) in [6.45, 7) is 4.85. The first-order valence-corrected chi connectivity index (χ1v) is 33.2. The van der Waals surface area contributed by atoms with Gasteiger partial charge < -0.3 is 19.8 Å². The minimum Gasteiger partial charge on any atom is -0.387 e. The van der Waals surface area contributed by atoms with Crippen molar-refractivity contribution in [2.24, 2.45) is 0 Å². The van der Waals surface area contributed by atoms with E-state index < -0.39 is 20.0 Å². The molecule has 0 fully saturated rings. The first-order valence-electron chi connectivity index (χ1n) is 31.7. The fourth-order valence-corrected chi connectivity index (χ4v) is 10.4. The molecule has 1 amide bonds. The number of unbranched alkanes of at least 4 members (excludes halogenated alkanes) is 44. The van der Waals surface area contributed by atoms with Crippen LogP contribution >= 0.6 is 7.82 Å². The average molecular weight is 1040 g/mol. The number of nitrogens with one attached hydrogen (secondary N) is 1. The summed E-state index contributed by atoms with van der Waals surface area (Å²) in [6.07, 6.45) is 70.3. The zero-order valence-electron chi connectivity index (χ0n) is 48.9. The molecule has 0 heterocycles. The largest absolute Gasteiger partial charge is 0.472 e. The molecule has 3 unspecified atom stereocenters. The Morgan fingerprint density at radius 2 is 0.750 bits per heavy atom. The van der Waals surface area contributed by atoms with Crippen LogP contribution in [0.1, 0.15) is 322 Å². The molecule has 0 rings (SSSR count). The number of aliphatic hydroxyl groups excluding tert-OH is 1. The van der Waals surface area contributed by atoms with Gasteiger partial charge in [0.05, 0.1) is 39.9 Å². The fraction of sp³-hybridized carbons (Fsp3) is 0.921. The van der Waals surface area contributed by atoms with Crippen LogP contribution in [0.25, 0.3) is 0 Å². The molecule has 0 aliphatic rings. The highest BCUT2D eigenvalue weighted by Crippen LogP contribution is 2.43. The maximum absolute atomic E-state index is 13.0. The average Bonchev–Trinajstić information content (AvgIpc) is 3.34. The maximum Gasteiger partial charge on any atom is 0.472 e. The maximum atomic E-state index is 13.0. The molecule has 3 atom stereocenters. The van der Waals surface area contributed by atoms with E-state index >= 15 is 0 Å². The molecule has 0 saturated heterocycles. The number of phosphoric ester groups is 1. The van der Waals surface area contributed by atoms with Gasteiger partial charge in [0, 0.05) is 6.42 Å². The molecule has 9 heteroatoms. The Hall–Kier alpha value is -1.02. The predicted octanol–water partition coefficient (Wildman–Crippen LogP) is 19.5. The van der Waals surface area contributed by atoms with Gasteiger partial charge in [0.15, 0.2) is 0 Å². The summed E-state index contributed by atoms with van der Waals surface area (Å²) in [7, 11) is 1.59. The molecule has 0 spiro atoms. The molecule has 0 aromatic rings. The lowest BCUT2D eigenvalue weighted by atomic mass is 10.0. The van der Waals surface area contributed by atoms with Crippen molar-refractivity contribution in [1.82, 2.24) is 5.32 Å². The van der Waals surface area contributed by atoms with Crippen LogP contribution in [0.4, 0.5) is 0 Å². The van der Waals surface area contributed by atoms with Crippen LogP contribution in [-0.2, 0) is 18.4 Å². The summed E-state index contributed by atoms with van der Waals surface area (Å²) in [4.78, 5) is 23.3. The summed E-state index contributed by atoms with van der Waals surface area (Å²) >= 11 is 0. The summed E-state index contributed by atoms with van der Waals surface area (Å²) in [5, 5.41) is 13.9. The first-order chi connectivity index (χ1) is 35.0. The second-order valence-corrected chi connectivity index (χ2v) is 24.6. The first kappa shape index (κ1) is 71.0. The molecule has 0 aromatic heterocycles. The fourth-order valence-electron chi connectivity index (χ4n) is 9.69. The van der Waals surface area contributed by atoms with E-state index in [0.29, 0.717) is 17.4 Å². The predicted molar refractivity (Wildman–Crippen MR) is 314 cm³/mol. The Kier molecular flexibility index (Phi) is 54.0. The molecule has 8 nitrogen and oxygen atoms in total. The van der Waals surface area contributed by atoms with Crippen LogP contribution < -0.4 is 5.32 Å². The number of aliphatic hydroxyl groups is 1. The van der Waals surface area contributed by atoms with Crippen molar-refractivity contribution in [2.45, 2.75) is 334 Å². The van der Waals surface area contributed by atoms with Crippen molar-refractivity contribution >= 4 is 13.7 Å². The van der Waals surface area contributed by atoms with Gasteiger partial charge in [-0.2, -0.15) is 0 Å². The van der Waals surface area contributed by atoms with Crippen LogP contribution in [0, 0.1) is 0 Å². The molecular weight excluding hydrogens is 912 g/mol. The second-order valence-electron chi connectivity index (χ2n) is 23.1. The van der Waals surface area contributed by atoms with Gasteiger partial charge in [0.1, 0.15) is 13.2 Å². The van der Waals surface area contributed by atoms with Crippen molar-refractivity contribution in [3.8, 4) is 0 Å². The monoisotopic (exact) mass is 1040 g/mol. The SMILES string of the molecule is CCCCCCCCCC/C=C\CCCCCCCCCCCCCCCCCCCCCCCCCCCC(=O)NC(COP(=O)(O)OCC[N+](C)(C)C)C(O)/C=C/CCCCCCCCCCCCC. The molecule has 0 radical (unpaired) electrons. The third-order valence-corrected chi connectivity index (χ3v) is 15.6. The van der Waals surface area contributed by atoms with Gasteiger partial charge in [0.2, 0.25) is 5.91 Å². The van der Waals surface area contributed by atoms with E-state index in [4.69, 9.17) is 9.05 Å². The molecule has 0 saturated carbocycles. The summed E-state index contributed by atoms with van der Waals surface area (Å²) < 4.78 is 23.7. The van der Waals surface area contributed by atoms with E-state index in [2.05, 4.69) is 31.3 Å². The van der Waals surface area contributed by atoms with Gasteiger partial charge in [-0.3, -0.25) is 13.8 Å². The van der Waals surface area contributed by atoms with Crippen molar-refractivity contribution in [3.63, 3.8) is 0 Å². The zero-order valence-corrected chi connectivity index (χ0v) is 49.8. The van der Waals surface area contributed by atoms with Crippen LogP contribution in [0.2, 0.25) is 0 Å². The van der Waals surface area contributed by atoms with Gasteiger partial charge >= 0.3 is 7.82 Å². The Morgan fingerprint density at radius 1 is 0.458 bits per heavy atom. The molecule has 0 aliphatic heterocycles. The lowest BCUT2D eigenvalue weighted by Gasteiger charge is -2.25. The highest BCUT2D eigenvalue weighted by Gasteiger charge is 2.28. The minimum atomic E-state index is -4.34. The minimum absolute atomic E-state index is 0.0642. The van der Waals surface area contributed by atoms with Gasteiger partial charge in [-0.25, -0.2) is 4.57 Å². The summed E-state index contributed by atoms with van der Waals surface area (Å²) in [5.74, 6) is -0.171. The van der Waals surface area contributed by atoms with Crippen molar-refractivity contribution in [3.05, 3.63) is 24.3 Å². The molecule has 0 bridgehead atoms.